The van der Waals surface area contributed by atoms with Gasteiger partial charge in [0.15, 0.2) is 6.10 Å². The maximum absolute atomic E-state index is 13.1. The fourth-order valence-electron chi connectivity index (χ4n) is 4.31. The summed E-state index contributed by atoms with van der Waals surface area (Å²) in [6, 6.07) is 33.1. The average Bonchev–Trinajstić information content (AvgIpc) is 3.35. The van der Waals surface area contributed by atoms with Crippen LogP contribution in [0.1, 0.15) is 31.1 Å². The van der Waals surface area contributed by atoms with E-state index in [1.807, 2.05) is 0 Å². The molecule has 1 aliphatic rings. The first-order valence-corrected chi connectivity index (χ1v) is 13.4. The van der Waals surface area contributed by atoms with E-state index in [9.17, 15) is 19.2 Å². The van der Waals surface area contributed by atoms with E-state index < -0.39 is 55.2 Å². The van der Waals surface area contributed by atoms with Crippen molar-refractivity contribution in [1.29, 1.82) is 0 Å². The highest BCUT2D eigenvalue weighted by Gasteiger charge is 2.52. The molecule has 10 nitrogen and oxygen atoms in total. The van der Waals surface area contributed by atoms with E-state index in [1.54, 1.807) is 121 Å². The van der Waals surface area contributed by atoms with Gasteiger partial charge in [-0.1, -0.05) is 72.8 Å². The largest absolute Gasteiger partial charge is 0.459 e. The molecule has 1 N–H and O–H groups in total. The maximum Gasteiger partial charge on any atom is 0.412 e. The summed E-state index contributed by atoms with van der Waals surface area (Å²) in [6.07, 6.45) is -6.34. The molecular weight excluding hydrogens is 554 g/mol. The lowest BCUT2D eigenvalue weighted by molar-refractivity contribution is -0.139. The Kier molecular flexibility index (Phi) is 9.40. The van der Waals surface area contributed by atoms with Gasteiger partial charge in [0.1, 0.15) is 12.7 Å². The Morgan fingerprint density at radius 1 is 0.558 bits per heavy atom. The number of carbonyl (C=O) groups is 4. The smallest absolute Gasteiger partial charge is 0.412 e. The van der Waals surface area contributed by atoms with Crippen molar-refractivity contribution in [2.45, 2.75) is 24.6 Å². The van der Waals surface area contributed by atoms with Crippen LogP contribution in [0.2, 0.25) is 0 Å². The van der Waals surface area contributed by atoms with Crippen molar-refractivity contribution in [2.24, 2.45) is 0 Å². The molecule has 4 aromatic carbocycles. The summed E-state index contributed by atoms with van der Waals surface area (Å²) < 4.78 is 28.5. The van der Waals surface area contributed by atoms with E-state index in [4.69, 9.17) is 23.7 Å². The summed E-state index contributed by atoms with van der Waals surface area (Å²) in [5.74, 6) is -2.17. The van der Waals surface area contributed by atoms with Crippen LogP contribution in [0.5, 0.6) is 0 Å². The van der Waals surface area contributed by atoms with E-state index in [2.05, 4.69) is 5.32 Å². The fraction of sp³-hybridized carbons (Fsp3) is 0.152. The summed E-state index contributed by atoms with van der Waals surface area (Å²) in [7, 11) is 0. The molecule has 0 aliphatic carbocycles. The zero-order valence-corrected chi connectivity index (χ0v) is 22.7. The highest BCUT2D eigenvalue weighted by atomic mass is 16.8. The molecule has 43 heavy (non-hydrogen) atoms. The Hall–Kier alpha value is -5.48. The van der Waals surface area contributed by atoms with Gasteiger partial charge in [0.2, 0.25) is 12.4 Å². The maximum atomic E-state index is 13.1. The Bertz CT molecular complexity index is 1530. The highest BCUT2D eigenvalue weighted by Crippen LogP contribution is 2.30. The summed E-state index contributed by atoms with van der Waals surface area (Å²) in [5.41, 5.74) is 1.17. The topological polar surface area (TPSA) is 126 Å². The number of nitrogens with one attached hydrogen (secondary N) is 1. The van der Waals surface area contributed by atoms with Crippen LogP contribution in [0.25, 0.3) is 0 Å². The van der Waals surface area contributed by atoms with Gasteiger partial charge in [-0.15, -0.1) is 0 Å². The van der Waals surface area contributed by atoms with Crippen LogP contribution in [-0.4, -0.2) is 55.2 Å². The minimum Gasteiger partial charge on any atom is -0.459 e. The van der Waals surface area contributed by atoms with E-state index in [0.29, 0.717) is 11.3 Å². The zero-order valence-electron chi connectivity index (χ0n) is 22.7. The molecule has 0 aromatic heterocycles. The van der Waals surface area contributed by atoms with Gasteiger partial charge in [0.25, 0.3) is 0 Å². The van der Waals surface area contributed by atoms with E-state index in [0.717, 1.165) is 0 Å². The molecule has 1 heterocycles. The monoisotopic (exact) mass is 581 g/mol. The molecule has 4 aromatic rings. The van der Waals surface area contributed by atoms with Crippen LogP contribution in [0.15, 0.2) is 121 Å². The molecule has 1 saturated heterocycles. The van der Waals surface area contributed by atoms with Gasteiger partial charge in [-0.25, -0.2) is 19.2 Å². The zero-order chi connectivity index (χ0) is 30.0. The quantitative estimate of drug-likeness (QED) is 0.208. The highest BCUT2D eigenvalue weighted by molar-refractivity contribution is 5.91. The van der Waals surface area contributed by atoms with Crippen molar-refractivity contribution in [3.63, 3.8) is 0 Å². The number of esters is 3. The minimum absolute atomic E-state index is 0.218. The van der Waals surface area contributed by atoms with E-state index >= 15 is 0 Å². The molecule has 1 amide bonds. The van der Waals surface area contributed by atoms with Crippen LogP contribution >= 0.6 is 0 Å². The molecule has 0 saturated carbocycles. The summed E-state index contributed by atoms with van der Waals surface area (Å²) in [6.45, 7) is -0.403. The average molecular weight is 582 g/mol. The van der Waals surface area contributed by atoms with Crippen molar-refractivity contribution in [1.82, 2.24) is 0 Å². The normalized spacial score (nSPS) is 19.1. The molecule has 5 rings (SSSR count). The number of hydrogen-bond donors (Lipinski definition) is 1. The number of para-hydroxylation sites is 1. The van der Waals surface area contributed by atoms with Gasteiger partial charge in [-0.2, -0.15) is 0 Å². The number of rotatable bonds is 9. The molecule has 1 fully saturated rings. The predicted octanol–water partition coefficient (Wildman–Crippen LogP) is 5.27. The van der Waals surface area contributed by atoms with Crippen molar-refractivity contribution in [2.75, 3.05) is 11.9 Å². The number of anilines is 1. The van der Waals surface area contributed by atoms with Crippen molar-refractivity contribution in [3.05, 3.63) is 138 Å². The van der Waals surface area contributed by atoms with Crippen LogP contribution in [0.3, 0.4) is 0 Å². The van der Waals surface area contributed by atoms with Gasteiger partial charge in [-0.3, -0.25) is 5.32 Å². The van der Waals surface area contributed by atoms with Crippen LogP contribution < -0.4 is 5.32 Å². The molecule has 0 spiro atoms. The Morgan fingerprint density at radius 3 is 1.56 bits per heavy atom. The Labute approximate surface area is 247 Å². The third-order valence-corrected chi connectivity index (χ3v) is 6.40. The van der Waals surface area contributed by atoms with E-state index in [1.165, 1.54) is 0 Å². The number of amides is 1. The molecule has 1 aliphatic heterocycles. The van der Waals surface area contributed by atoms with Gasteiger partial charge < -0.3 is 23.7 Å². The number of hydrogen-bond acceptors (Lipinski definition) is 9. The number of ether oxygens (including phenoxy) is 5. The molecule has 0 unspecified atom stereocenters. The van der Waals surface area contributed by atoms with Crippen LogP contribution in [0.4, 0.5) is 10.5 Å². The number of carbonyl (C=O) groups excluding carboxylic acids is 4. The first-order chi connectivity index (χ1) is 21.0. The second-order valence-electron chi connectivity index (χ2n) is 9.38. The lowest BCUT2D eigenvalue weighted by atomic mass is 10.1. The summed E-state index contributed by atoms with van der Waals surface area (Å²) in [4.78, 5) is 51.8. The second-order valence-corrected chi connectivity index (χ2v) is 9.38. The molecular formula is C33H27NO9. The molecule has 4 atom stereocenters. The standard InChI is InChI=1S/C33H27NO9/c35-29(22-13-5-1-6-14-22)39-21-26-27(41-30(36)23-15-7-2-8-16-23)28(42-33(38)34-25-19-11-4-12-20-25)32(40-26)43-31(37)24-17-9-3-10-18-24/h1-20,26-28,32H,21H2,(H,34,38)/t26-,27-,28-,32-/m0/s1. The molecule has 10 heteroatoms. The van der Waals surface area contributed by atoms with Gasteiger partial charge in [0, 0.05) is 5.69 Å². The minimum atomic E-state index is -1.51. The Morgan fingerprint density at radius 2 is 1.02 bits per heavy atom. The van der Waals surface area contributed by atoms with Crippen molar-refractivity contribution < 1.29 is 42.9 Å². The van der Waals surface area contributed by atoms with Crippen molar-refractivity contribution in [3.8, 4) is 0 Å². The molecule has 218 valence electrons. The first kappa shape index (κ1) is 29.0. The summed E-state index contributed by atoms with van der Waals surface area (Å²) >= 11 is 0. The van der Waals surface area contributed by atoms with Crippen LogP contribution in [-0.2, 0) is 23.7 Å². The third kappa shape index (κ3) is 7.63. The second kappa shape index (κ2) is 13.9. The van der Waals surface area contributed by atoms with Gasteiger partial charge >= 0.3 is 24.0 Å². The van der Waals surface area contributed by atoms with Crippen LogP contribution in [0, 0.1) is 0 Å². The lowest BCUT2D eigenvalue weighted by Gasteiger charge is -2.24. The Balaban J connectivity index is 1.41. The molecule has 0 radical (unpaired) electrons. The molecule has 0 bridgehead atoms. The predicted molar refractivity (Wildman–Crippen MR) is 153 cm³/mol. The fourth-order valence-corrected chi connectivity index (χ4v) is 4.31. The third-order valence-electron chi connectivity index (χ3n) is 6.40. The first-order valence-electron chi connectivity index (χ1n) is 13.4. The number of benzene rings is 4. The van der Waals surface area contributed by atoms with Gasteiger partial charge in [0.05, 0.1) is 16.7 Å². The SMILES string of the molecule is O=C(Nc1ccccc1)O[C@@H]1[C@H](OC(=O)c2ccccc2)O[C@@H](COC(=O)c2ccccc2)[C@@H]1OC(=O)c1ccccc1. The summed E-state index contributed by atoms with van der Waals surface area (Å²) in [5, 5.41) is 2.58. The van der Waals surface area contributed by atoms with Crippen molar-refractivity contribution >= 4 is 29.7 Å². The van der Waals surface area contributed by atoms with Gasteiger partial charge in [-0.05, 0) is 48.5 Å². The van der Waals surface area contributed by atoms with E-state index in [-0.39, 0.29) is 11.1 Å². The lowest BCUT2D eigenvalue weighted by Crippen LogP contribution is -2.43.